The van der Waals surface area contributed by atoms with Gasteiger partial charge in [-0.05, 0) is 58.5 Å². The highest BCUT2D eigenvalue weighted by molar-refractivity contribution is 7.09. The molecule has 3 nitrogen and oxygen atoms in total. The number of hydrogen-bond acceptors (Lipinski definition) is 3. The second kappa shape index (κ2) is 7.79. The van der Waals surface area contributed by atoms with Gasteiger partial charge < -0.3 is 5.11 Å². The molecule has 1 rings (SSSR count). The van der Waals surface area contributed by atoms with E-state index < -0.39 is 11.4 Å². The minimum atomic E-state index is -0.697. The molecule has 0 atom stereocenters. The van der Waals surface area contributed by atoms with Crippen LogP contribution in [0.15, 0.2) is 17.5 Å². The Hall–Kier alpha value is -0.870. The van der Waals surface area contributed by atoms with Crippen molar-refractivity contribution in [3.05, 3.63) is 22.4 Å². The van der Waals surface area contributed by atoms with Crippen LogP contribution in [0.5, 0.6) is 0 Å². The molecule has 0 saturated heterocycles. The maximum Gasteiger partial charge on any atom is 0.309 e. The van der Waals surface area contributed by atoms with Crippen LogP contribution in [0.1, 0.15) is 51.8 Å². The van der Waals surface area contributed by atoms with Gasteiger partial charge in [0.1, 0.15) is 0 Å². The Kier molecular flexibility index (Phi) is 6.69. The predicted molar refractivity (Wildman–Crippen MR) is 85.1 cm³/mol. The van der Waals surface area contributed by atoms with Crippen molar-refractivity contribution in [2.45, 2.75) is 59.5 Å². The fourth-order valence-electron chi connectivity index (χ4n) is 2.11. The highest BCUT2D eigenvalue weighted by Gasteiger charge is 2.26. The largest absolute Gasteiger partial charge is 0.481 e. The summed E-state index contributed by atoms with van der Waals surface area (Å²) in [5, 5.41) is 11.2. The Morgan fingerprint density at radius 1 is 1.40 bits per heavy atom. The maximum atomic E-state index is 11.1. The van der Waals surface area contributed by atoms with E-state index in [2.05, 4.69) is 36.3 Å². The first-order chi connectivity index (χ1) is 9.33. The molecule has 0 spiro atoms. The molecule has 1 heterocycles. The summed E-state index contributed by atoms with van der Waals surface area (Å²) < 4.78 is 0. The van der Waals surface area contributed by atoms with Gasteiger partial charge in [0.2, 0.25) is 0 Å². The molecule has 0 amide bonds. The van der Waals surface area contributed by atoms with Crippen LogP contribution in [0, 0.1) is 5.41 Å². The Labute approximate surface area is 126 Å². The number of nitrogens with zero attached hydrogens (tertiary/aromatic N) is 1. The van der Waals surface area contributed by atoms with Gasteiger partial charge in [-0.15, -0.1) is 11.3 Å². The van der Waals surface area contributed by atoms with Gasteiger partial charge in [0.15, 0.2) is 0 Å². The number of rotatable bonds is 9. The third-order valence-electron chi connectivity index (χ3n) is 3.75. The molecule has 4 heteroatoms. The van der Waals surface area contributed by atoms with Crippen molar-refractivity contribution < 1.29 is 9.90 Å². The highest BCUT2D eigenvalue weighted by Crippen LogP contribution is 2.23. The molecule has 0 aromatic carbocycles. The van der Waals surface area contributed by atoms with E-state index in [-0.39, 0.29) is 0 Å². The van der Waals surface area contributed by atoms with E-state index >= 15 is 0 Å². The average Bonchev–Trinajstić information content (AvgIpc) is 2.85. The van der Waals surface area contributed by atoms with E-state index in [1.165, 1.54) is 4.88 Å². The number of unbranched alkanes of at least 4 members (excludes halogenated alkanes) is 1. The summed E-state index contributed by atoms with van der Waals surface area (Å²) in [6.07, 6.45) is 2.76. The Morgan fingerprint density at radius 3 is 2.60 bits per heavy atom. The maximum absolute atomic E-state index is 11.1. The zero-order valence-corrected chi connectivity index (χ0v) is 13.9. The van der Waals surface area contributed by atoms with Crippen LogP contribution in [0.3, 0.4) is 0 Å². The Balaban J connectivity index is 2.35. The van der Waals surface area contributed by atoms with Crippen LogP contribution < -0.4 is 0 Å². The molecule has 1 aromatic rings. The van der Waals surface area contributed by atoms with E-state index in [0.29, 0.717) is 6.04 Å². The fourth-order valence-corrected chi connectivity index (χ4v) is 2.84. The third kappa shape index (κ3) is 5.63. The molecule has 0 unspecified atom stereocenters. The topological polar surface area (TPSA) is 40.5 Å². The SMILES string of the molecule is CC(C)N(CCCCC(C)(C)C(=O)O)Cc1cccs1. The normalized spacial score (nSPS) is 12.3. The molecule has 0 saturated carbocycles. The zero-order valence-electron chi connectivity index (χ0n) is 13.1. The van der Waals surface area contributed by atoms with Crippen molar-refractivity contribution in [2.75, 3.05) is 6.54 Å². The van der Waals surface area contributed by atoms with Crippen molar-refractivity contribution in [1.29, 1.82) is 0 Å². The van der Waals surface area contributed by atoms with Crippen LogP contribution in [0.2, 0.25) is 0 Å². The number of carbonyl (C=O) groups is 1. The summed E-state index contributed by atoms with van der Waals surface area (Å²) in [5.41, 5.74) is -0.601. The second-order valence-electron chi connectivity index (χ2n) is 6.29. The lowest BCUT2D eigenvalue weighted by Gasteiger charge is -2.26. The van der Waals surface area contributed by atoms with Crippen molar-refractivity contribution >= 4 is 17.3 Å². The lowest BCUT2D eigenvalue weighted by Crippen LogP contribution is -2.31. The summed E-state index contributed by atoms with van der Waals surface area (Å²) in [6.45, 7) is 10.1. The summed E-state index contributed by atoms with van der Waals surface area (Å²) in [6, 6.07) is 4.78. The first-order valence-electron chi connectivity index (χ1n) is 7.33. The molecule has 0 aliphatic heterocycles. The van der Waals surface area contributed by atoms with Crippen LogP contribution >= 0.6 is 11.3 Å². The van der Waals surface area contributed by atoms with Crippen LogP contribution in [-0.2, 0) is 11.3 Å². The molecule has 0 bridgehead atoms. The second-order valence-corrected chi connectivity index (χ2v) is 7.32. The van der Waals surface area contributed by atoms with E-state index in [1.807, 2.05) is 0 Å². The van der Waals surface area contributed by atoms with Gasteiger partial charge in [0.05, 0.1) is 5.41 Å². The first kappa shape index (κ1) is 17.2. The molecule has 0 aliphatic rings. The summed E-state index contributed by atoms with van der Waals surface area (Å²) in [5.74, 6) is -0.697. The van der Waals surface area contributed by atoms with Crippen molar-refractivity contribution in [2.24, 2.45) is 5.41 Å². The van der Waals surface area contributed by atoms with Gasteiger partial charge in [-0.25, -0.2) is 0 Å². The third-order valence-corrected chi connectivity index (χ3v) is 4.61. The summed E-state index contributed by atoms with van der Waals surface area (Å²) in [4.78, 5) is 14.9. The molecule has 0 aliphatic carbocycles. The van der Waals surface area contributed by atoms with Crippen LogP contribution in [0.4, 0.5) is 0 Å². The van der Waals surface area contributed by atoms with Gasteiger partial charge in [0, 0.05) is 17.5 Å². The number of carboxylic acids is 1. The molecular weight excluding hydrogens is 270 g/mol. The standard InChI is InChI=1S/C16H27NO2S/c1-13(2)17(12-14-8-7-11-20-14)10-6-5-9-16(3,4)15(18)19/h7-8,11,13H,5-6,9-10,12H2,1-4H3,(H,18,19). The lowest BCUT2D eigenvalue weighted by molar-refractivity contribution is -0.147. The van der Waals surface area contributed by atoms with Gasteiger partial charge in [-0.1, -0.05) is 12.5 Å². The van der Waals surface area contributed by atoms with Gasteiger partial charge >= 0.3 is 5.97 Å². The predicted octanol–water partition coefficient (Wildman–Crippen LogP) is 4.24. The number of hydrogen-bond donors (Lipinski definition) is 1. The van der Waals surface area contributed by atoms with Crippen molar-refractivity contribution in [3.8, 4) is 0 Å². The van der Waals surface area contributed by atoms with Crippen LogP contribution in [0.25, 0.3) is 0 Å². The van der Waals surface area contributed by atoms with Gasteiger partial charge in [0.25, 0.3) is 0 Å². The number of thiophene rings is 1. The molecule has 0 radical (unpaired) electrons. The molecule has 114 valence electrons. The van der Waals surface area contributed by atoms with Gasteiger partial charge in [-0.2, -0.15) is 0 Å². The van der Waals surface area contributed by atoms with E-state index in [1.54, 1.807) is 25.2 Å². The number of aliphatic carboxylic acids is 1. The Morgan fingerprint density at radius 2 is 2.10 bits per heavy atom. The number of carboxylic acid groups (broad SMARTS) is 1. The van der Waals surface area contributed by atoms with E-state index in [4.69, 9.17) is 5.11 Å². The van der Waals surface area contributed by atoms with Crippen molar-refractivity contribution in [1.82, 2.24) is 4.90 Å². The summed E-state index contributed by atoms with van der Waals surface area (Å²) in [7, 11) is 0. The minimum Gasteiger partial charge on any atom is -0.481 e. The highest BCUT2D eigenvalue weighted by atomic mass is 32.1. The monoisotopic (exact) mass is 297 g/mol. The van der Waals surface area contributed by atoms with E-state index in [9.17, 15) is 4.79 Å². The molecule has 1 aromatic heterocycles. The molecule has 20 heavy (non-hydrogen) atoms. The average molecular weight is 297 g/mol. The Bertz CT molecular complexity index is 399. The minimum absolute atomic E-state index is 0.518. The van der Waals surface area contributed by atoms with Crippen LogP contribution in [-0.4, -0.2) is 28.6 Å². The molecule has 0 fully saturated rings. The smallest absolute Gasteiger partial charge is 0.309 e. The quantitative estimate of drug-likeness (QED) is 0.693. The first-order valence-corrected chi connectivity index (χ1v) is 8.21. The van der Waals surface area contributed by atoms with E-state index in [0.717, 1.165) is 32.4 Å². The molecular formula is C16H27NO2S. The summed E-state index contributed by atoms with van der Waals surface area (Å²) >= 11 is 1.80. The molecule has 1 N–H and O–H groups in total. The lowest BCUT2D eigenvalue weighted by atomic mass is 9.87. The van der Waals surface area contributed by atoms with Gasteiger partial charge in [-0.3, -0.25) is 9.69 Å². The van der Waals surface area contributed by atoms with Crippen molar-refractivity contribution in [3.63, 3.8) is 0 Å². The zero-order chi connectivity index (χ0) is 15.2. The fraction of sp³-hybridized carbons (Fsp3) is 0.688.